The minimum atomic E-state index is -0.132. The monoisotopic (exact) mass is 350 g/mol. The van der Waals surface area contributed by atoms with E-state index in [1.807, 2.05) is 43.3 Å². The summed E-state index contributed by atoms with van der Waals surface area (Å²) in [6, 6.07) is 11.8. The van der Waals surface area contributed by atoms with Crippen molar-refractivity contribution in [1.82, 2.24) is 10.3 Å². The number of thioether (sulfide) groups is 1. The van der Waals surface area contributed by atoms with Gasteiger partial charge in [0.1, 0.15) is 0 Å². The van der Waals surface area contributed by atoms with Crippen LogP contribution in [0.3, 0.4) is 0 Å². The summed E-state index contributed by atoms with van der Waals surface area (Å²) < 4.78 is 1.04. The minimum Gasteiger partial charge on any atom is -0.351 e. The van der Waals surface area contributed by atoms with Gasteiger partial charge in [-0.2, -0.15) is 0 Å². The van der Waals surface area contributed by atoms with E-state index >= 15 is 0 Å². The first-order valence-corrected chi connectivity index (χ1v) is 7.91. The highest BCUT2D eigenvalue weighted by Crippen LogP contribution is 2.24. The molecule has 0 radical (unpaired) electrons. The molecule has 0 saturated carbocycles. The third kappa shape index (κ3) is 4.65. The first kappa shape index (κ1) is 15.1. The van der Waals surface area contributed by atoms with E-state index in [0.717, 1.165) is 14.9 Å². The molecular weight excluding hydrogens is 336 g/mol. The molecule has 1 atom stereocenters. The molecule has 1 unspecified atom stereocenters. The van der Waals surface area contributed by atoms with Gasteiger partial charge in [-0.15, -0.1) is 11.8 Å². The SMILES string of the molecule is CC(Sc1ccc(Br)cc1)C(=O)NCc1cccnc1. The molecule has 1 aromatic carbocycles. The van der Waals surface area contributed by atoms with Crippen molar-refractivity contribution in [3.05, 3.63) is 58.8 Å². The van der Waals surface area contributed by atoms with E-state index in [2.05, 4.69) is 26.2 Å². The Hall–Kier alpha value is -1.33. The third-order valence-electron chi connectivity index (χ3n) is 2.69. The Labute approximate surface area is 131 Å². The number of benzene rings is 1. The van der Waals surface area contributed by atoms with Gasteiger partial charge in [-0.1, -0.05) is 22.0 Å². The summed E-state index contributed by atoms with van der Waals surface area (Å²) >= 11 is 4.94. The number of halogens is 1. The number of aromatic nitrogens is 1. The Morgan fingerprint density at radius 3 is 2.75 bits per heavy atom. The molecule has 1 heterocycles. The summed E-state index contributed by atoms with van der Waals surface area (Å²) in [6.07, 6.45) is 3.48. The lowest BCUT2D eigenvalue weighted by atomic mass is 10.3. The molecular formula is C15H15BrN2OS. The van der Waals surface area contributed by atoms with E-state index in [1.165, 1.54) is 0 Å². The van der Waals surface area contributed by atoms with E-state index in [9.17, 15) is 4.79 Å². The fourth-order valence-corrected chi connectivity index (χ4v) is 2.76. The van der Waals surface area contributed by atoms with Crippen molar-refractivity contribution in [2.24, 2.45) is 0 Å². The maximum absolute atomic E-state index is 12.0. The van der Waals surface area contributed by atoms with Gasteiger partial charge < -0.3 is 5.32 Å². The molecule has 0 saturated heterocycles. The highest BCUT2D eigenvalue weighted by Gasteiger charge is 2.13. The number of pyridine rings is 1. The maximum Gasteiger partial charge on any atom is 0.233 e. The quantitative estimate of drug-likeness (QED) is 0.837. The van der Waals surface area contributed by atoms with Gasteiger partial charge in [-0.05, 0) is 42.8 Å². The summed E-state index contributed by atoms with van der Waals surface area (Å²) in [5.74, 6) is 0.0294. The molecule has 1 N–H and O–H groups in total. The van der Waals surface area contributed by atoms with Gasteiger partial charge in [-0.25, -0.2) is 0 Å². The molecule has 0 aliphatic rings. The van der Waals surface area contributed by atoms with Gasteiger partial charge >= 0.3 is 0 Å². The largest absolute Gasteiger partial charge is 0.351 e. The summed E-state index contributed by atoms with van der Waals surface area (Å²) in [6.45, 7) is 2.42. The van der Waals surface area contributed by atoms with Crippen molar-refractivity contribution in [1.29, 1.82) is 0 Å². The molecule has 20 heavy (non-hydrogen) atoms. The molecule has 5 heteroatoms. The molecule has 0 spiro atoms. The summed E-state index contributed by atoms with van der Waals surface area (Å²) in [5.41, 5.74) is 1.00. The second kappa shape index (κ2) is 7.45. The van der Waals surface area contributed by atoms with Gasteiger partial charge in [0, 0.05) is 28.3 Å². The summed E-state index contributed by atoms with van der Waals surface area (Å²) in [7, 11) is 0. The second-order valence-electron chi connectivity index (χ2n) is 4.29. The van der Waals surface area contributed by atoms with E-state index in [1.54, 1.807) is 24.2 Å². The lowest BCUT2D eigenvalue weighted by molar-refractivity contribution is -0.120. The number of nitrogens with zero attached hydrogens (tertiary/aromatic N) is 1. The number of nitrogens with one attached hydrogen (secondary N) is 1. The molecule has 0 bridgehead atoms. The molecule has 1 amide bonds. The Morgan fingerprint density at radius 2 is 2.10 bits per heavy atom. The number of carbonyl (C=O) groups excluding carboxylic acids is 1. The maximum atomic E-state index is 12.0. The second-order valence-corrected chi connectivity index (χ2v) is 6.62. The van der Waals surface area contributed by atoms with E-state index in [4.69, 9.17) is 0 Å². The predicted octanol–water partition coefficient (Wildman–Crippen LogP) is 3.64. The number of carbonyl (C=O) groups is 1. The number of hydrogen-bond acceptors (Lipinski definition) is 3. The van der Waals surface area contributed by atoms with Crippen molar-refractivity contribution in [2.45, 2.75) is 23.6 Å². The van der Waals surface area contributed by atoms with Crippen LogP contribution in [-0.2, 0) is 11.3 Å². The average Bonchev–Trinajstić information content (AvgIpc) is 2.48. The first-order valence-electron chi connectivity index (χ1n) is 6.24. The van der Waals surface area contributed by atoms with E-state index in [0.29, 0.717) is 6.54 Å². The van der Waals surface area contributed by atoms with Crippen LogP contribution in [-0.4, -0.2) is 16.1 Å². The average molecular weight is 351 g/mol. The predicted molar refractivity (Wildman–Crippen MR) is 85.5 cm³/mol. The van der Waals surface area contributed by atoms with Crippen molar-refractivity contribution in [2.75, 3.05) is 0 Å². The van der Waals surface area contributed by atoms with Crippen LogP contribution in [0.1, 0.15) is 12.5 Å². The van der Waals surface area contributed by atoms with Gasteiger partial charge in [-0.3, -0.25) is 9.78 Å². The number of amides is 1. The Balaban J connectivity index is 1.84. The molecule has 1 aromatic heterocycles. The van der Waals surface area contributed by atoms with Crippen LogP contribution < -0.4 is 5.32 Å². The Kier molecular flexibility index (Phi) is 5.61. The highest BCUT2D eigenvalue weighted by molar-refractivity contribution is 9.10. The molecule has 3 nitrogen and oxygen atoms in total. The molecule has 2 aromatic rings. The summed E-state index contributed by atoms with van der Waals surface area (Å²) in [4.78, 5) is 17.1. The smallest absolute Gasteiger partial charge is 0.233 e. The molecule has 0 fully saturated rings. The molecule has 0 aliphatic carbocycles. The highest BCUT2D eigenvalue weighted by atomic mass is 79.9. The lowest BCUT2D eigenvalue weighted by Gasteiger charge is -2.12. The zero-order chi connectivity index (χ0) is 14.4. The standard InChI is InChI=1S/C15H15BrN2OS/c1-11(20-14-6-4-13(16)5-7-14)15(19)18-10-12-3-2-8-17-9-12/h2-9,11H,10H2,1H3,(H,18,19). The Bertz CT molecular complexity index is 560. The van der Waals surface area contributed by atoms with Crippen molar-refractivity contribution in [3.63, 3.8) is 0 Å². The zero-order valence-corrected chi connectivity index (χ0v) is 13.4. The Morgan fingerprint density at radius 1 is 1.35 bits per heavy atom. The fraction of sp³-hybridized carbons (Fsp3) is 0.200. The van der Waals surface area contributed by atoms with Crippen LogP contribution in [0.15, 0.2) is 58.2 Å². The van der Waals surface area contributed by atoms with Crippen molar-refractivity contribution in [3.8, 4) is 0 Å². The fourth-order valence-electron chi connectivity index (χ4n) is 1.61. The van der Waals surface area contributed by atoms with Crippen LogP contribution in [0.4, 0.5) is 0 Å². The van der Waals surface area contributed by atoms with Gasteiger partial charge in [0.15, 0.2) is 0 Å². The molecule has 0 aliphatic heterocycles. The number of rotatable bonds is 5. The van der Waals surface area contributed by atoms with E-state index in [-0.39, 0.29) is 11.2 Å². The molecule has 2 rings (SSSR count). The normalized spacial score (nSPS) is 11.9. The third-order valence-corrected chi connectivity index (χ3v) is 4.33. The van der Waals surface area contributed by atoms with Crippen LogP contribution in [0, 0.1) is 0 Å². The van der Waals surface area contributed by atoms with Gasteiger partial charge in [0.25, 0.3) is 0 Å². The van der Waals surface area contributed by atoms with Crippen LogP contribution in [0.5, 0.6) is 0 Å². The van der Waals surface area contributed by atoms with Crippen LogP contribution >= 0.6 is 27.7 Å². The summed E-state index contributed by atoms with van der Waals surface area (Å²) in [5, 5.41) is 2.79. The topological polar surface area (TPSA) is 42.0 Å². The zero-order valence-electron chi connectivity index (χ0n) is 11.0. The van der Waals surface area contributed by atoms with Crippen LogP contribution in [0.25, 0.3) is 0 Å². The molecule has 104 valence electrons. The van der Waals surface area contributed by atoms with Crippen molar-refractivity contribution >= 4 is 33.6 Å². The lowest BCUT2D eigenvalue weighted by Crippen LogP contribution is -2.30. The van der Waals surface area contributed by atoms with Crippen molar-refractivity contribution < 1.29 is 4.79 Å². The van der Waals surface area contributed by atoms with Gasteiger partial charge in [0.2, 0.25) is 5.91 Å². The van der Waals surface area contributed by atoms with Gasteiger partial charge in [0.05, 0.1) is 5.25 Å². The number of hydrogen-bond donors (Lipinski definition) is 1. The van der Waals surface area contributed by atoms with E-state index < -0.39 is 0 Å². The minimum absolute atomic E-state index is 0.0294. The van der Waals surface area contributed by atoms with Crippen LogP contribution in [0.2, 0.25) is 0 Å². The first-order chi connectivity index (χ1) is 9.65.